The van der Waals surface area contributed by atoms with E-state index in [0.717, 1.165) is 22.5 Å². The number of amides is 1. The number of fused-ring (bicyclic) bond motifs is 1. The zero-order valence-corrected chi connectivity index (χ0v) is 15.8. The second-order valence-electron chi connectivity index (χ2n) is 6.73. The summed E-state index contributed by atoms with van der Waals surface area (Å²) >= 11 is 0. The van der Waals surface area contributed by atoms with Crippen molar-refractivity contribution in [2.45, 2.75) is 19.9 Å². The summed E-state index contributed by atoms with van der Waals surface area (Å²) in [6.45, 7) is 3.88. The van der Waals surface area contributed by atoms with Gasteiger partial charge in [-0.2, -0.15) is 10.1 Å². The maximum Gasteiger partial charge on any atom is 0.255 e. The van der Waals surface area contributed by atoms with Gasteiger partial charge in [0.05, 0.1) is 5.57 Å². The molecular weight excluding hydrogens is 350 g/mol. The fourth-order valence-electron chi connectivity index (χ4n) is 3.29. The summed E-state index contributed by atoms with van der Waals surface area (Å²) in [6, 6.07) is 17.4. The second kappa shape index (κ2) is 7.52. The van der Waals surface area contributed by atoms with Gasteiger partial charge in [0.15, 0.2) is 0 Å². The molecule has 3 aromatic rings. The Morgan fingerprint density at radius 3 is 2.75 bits per heavy atom. The molecule has 2 N–H and O–H groups in total. The molecule has 1 atom stereocenters. The first kappa shape index (κ1) is 17.7. The van der Waals surface area contributed by atoms with Crippen molar-refractivity contribution >= 4 is 23.6 Å². The van der Waals surface area contributed by atoms with Crippen molar-refractivity contribution < 1.29 is 4.79 Å². The number of hydrogen-bond donors (Lipinski definition) is 2. The van der Waals surface area contributed by atoms with E-state index in [-0.39, 0.29) is 11.9 Å². The van der Waals surface area contributed by atoms with Crippen LogP contribution in [0.4, 0.5) is 11.6 Å². The van der Waals surface area contributed by atoms with Gasteiger partial charge in [-0.15, -0.1) is 0 Å². The van der Waals surface area contributed by atoms with Crippen LogP contribution < -0.4 is 10.6 Å². The molecule has 1 aliphatic rings. The number of nitrogens with one attached hydrogen (secondary N) is 2. The maximum atomic E-state index is 13.1. The molecule has 0 radical (unpaired) electrons. The summed E-state index contributed by atoms with van der Waals surface area (Å²) < 4.78 is 1.72. The van der Waals surface area contributed by atoms with Crippen molar-refractivity contribution in [1.82, 2.24) is 14.8 Å². The lowest BCUT2D eigenvalue weighted by Crippen LogP contribution is -2.30. The quantitative estimate of drug-likeness (QED) is 0.722. The largest absolute Gasteiger partial charge is 0.328 e. The Bertz CT molecular complexity index is 1070. The average Bonchev–Trinajstić information content (AvgIpc) is 3.14. The van der Waals surface area contributed by atoms with Crippen LogP contribution in [0.3, 0.4) is 0 Å². The number of carbonyl (C=O) groups excluding carboxylic acids is 1. The van der Waals surface area contributed by atoms with E-state index in [0.29, 0.717) is 11.5 Å². The van der Waals surface area contributed by atoms with Crippen LogP contribution in [0.2, 0.25) is 0 Å². The van der Waals surface area contributed by atoms with Gasteiger partial charge in [0.2, 0.25) is 5.95 Å². The van der Waals surface area contributed by atoms with E-state index in [9.17, 15) is 4.79 Å². The molecule has 28 heavy (non-hydrogen) atoms. The van der Waals surface area contributed by atoms with E-state index in [1.165, 1.54) is 6.33 Å². The molecule has 0 bridgehead atoms. The molecule has 0 saturated carbocycles. The topological polar surface area (TPSA) is 71.8 Å². The Hall–Kier alpha value is -3.67. The third-order valence-electron chi connectivity index (χ3n) is 4.63. The third kappa shape index (κ3) is 3.57. The van der Waals surface area contributed by atoms with Crippen molar-refractivity contribution in [1.29, 1.82) is 0 Å². The predicted molar refractivity (Wildman–Crippen MR) is 111 cm³/mol. The molecule has 4 rings (SSSR count). The summed E-state index contributed by atoms with van der Waals surface area (Å²) in [7, 11) is 0. The molecule has 1 amide bonds. The standard InChI is InChI=1S/C22H21N5O/c1-15-7-6-10-18(13-15)26-21(28)20-16(2)25-22-23-14-24-27(22)19(20)12-11-17-8-4-3-5-9-17/h3-14,19H,1-2H3,(H,26,28)(H,23,24,25)/b12-11+. The van der Waals surface area contributed by atoms with Crippen LogP contribution >= 0.6 is 0 Å². The van der Waals surface area contributed by atoms with Crippen LogP contribution in [0.5, 0.6) is 0 Å². The average molecular weight is 371 g/mol. The monoisotopic (exact) mass is 371 g/mol. The first-order chi connectivity index (χ1) is 13.6. The van der Waals surface area contributed by atoms with Gasteiger partial charge in [-0.25, -0.2) is 4.68 Å². The second-order valence-corrected chi connectivity index (χ2v) is 6.73. The van der Waals surface area contributed by atoms with Crippen LogP contribution in [0, 0.1) is 6.92 Å². The van der Waals surface area contributed by atoms with E-state index in [1.54, 1.807) is 4.68 Å². The molecule has 6 nitrogen and oxygen atoms in total. The van der Waals surface area contributed by atoms with Gasteiger partial charge in [-0.05, 0) is 37.1 Å². The summed E-state index contributed by atoms with van der Waals surface area (Å²) in [6.07, 6.45) is 5.46. The van der Waals surface area contributed by atoms with Crippen LogP contribution in [0.15, 0.2) is 78.3 Å². The highest BCUT2D eigenvalue weighted by Gasteiger charge is 2.30. The highest BCUT2D eigenvalue weighted by Crippen LogP contribution is 2.31. The number of benzene rings is 2. The first-order valence-corrected chi connectivity index (χ1v) is 9.10. The molecule has 0 aliphatic carbocycles. The lowest BCUT2D eigenvalue weighted by atomic mass is 10.0. The predicted octanol–water partition coefficient (Wildman–Crippen LogP) is 4.18. The summed E-state index contributed by atoms with van der Waals surface area (Å²) in [5, 5.41) is 10.5. The van der Waals surface area contributed by atoms with Crippen LogP contribution in [0.1, 0.15) is 24.1 Å². The fraction of sp³-hybridized carbons (Fsp3) is 0.136. The van der Waals surface area contributed by atoms with Gasteiger partial charge < -0.3 is 10.6 Å². The van der Waals surface area contributed by atoms with Gasteiger partial charge in [-0.1, -0.05) is 54.6 Å². The number of carbonyl (C=O) groups is 1. The van der Waals surface area contributed by atoms with Crippen LogP contribution in [-0.2, 0) is 4.79 Å². The summed E-state index contributed by atoms with van der Waals surface area (Å²) in [4.78, 5) is 17.4. The molecule has 0 fully saturated rings. The number of anilines is 2. The van der Waals surface area contributed by atoms with Crippen molar-refractivity contribution in [3.8, 4) is 0 Å². The smallest absolute Gasteiger partial charge is 0.255 e. The summed E-state index contributed by atoms with van der Waals surface area (Å²) in [5.41, 5.74) is 4.27. The normalized spacial score (nSPS) is 16.0. The zero-order chi connectivity index (χ0) is 19.5. The molecule has 0 spiro atoms. The minimum Gasteiger partial charge on any atom is -0.328 e. The third-order valence-corrected chi connectivity index (χ3v) is 4.63. The molecule has 1 unspecified atom stereocenters. The molecule has 2 aromatic carbocycles. The van der Waals surface area contributed by atoms with Gasteiger partial charge in [0.1, 0.15) is 12.4 Å². The maximum absolute atomic E-state index is 13.1. The minimum absolute atomic E-state index is 0.167. The van der Waals surface area contributed by atoms with E-state index in [2.05, 4.69) is 20.7 Å². The van der Waals surface area contributed by atoms with Crippen molar-refractivity contribution in [3.05, 3.63) is 89.4 Å². The summed E-state index contributed by atoms with van der Waals surface area (Å²) in [5.74, 6) is 0.451. The van der Waals surface area contributed by atoms with Crippen LogP contribution in [-0.4, -0.2) is 20.7 Å². The number of aryl methyl sites for hydroxylation is 1. The Labute approximate surface area is 163 Å². The molecule has 2 heterocycles. The lowest BCUT2D eigenvalue weighted by molar-refractivity contribution is -0.113. The van der Waals surface area contributed by atoms with Gasteiger partial charge >= 0.3 is 0 Å². The van der Waals surface area contributed by atoms with Gasteiger partial charge in [0.25, 0.3) is 5.91 Å². The number of aromatic nitrogens is 3. The van der Waals surface area contributed by atoms with Crippen LogP contribution in [0.25, 0.3) is 6.08 Å². The van der Waals surface area contributed by atoms with Crippen molar-refractivity contribution in [2.75, 3.05) is 10.6 Å². The minimum atomic E-state index is -0.358. The number of hydrogen-bond acceptors (Lipinski definition) is 4. The fourth-order valence-corrected chi connectivity index (χ4v) is 3.29. The Balaban J connectivity index is 1.68. The van der Waals surface area contributed by atoms with Gasteiger partial charge in [-0.3, -0.25) is 4.79 Å². The number of allylic oxidation sites excluding steroid dienone is 2. The Morgan fingerprint density at radius 2 is 1.96 bits per heavy atom. The Kier molecular flexibility index (Phi) is 4.76. The molecule has 140 valence electrons. The van der Waals surface area contributed by atoms with Crippen molar-refractivity contribution in [3.63, 3.8) is 0 Å². The molecule has 6 heteroatoms. The highest BCUT2D eigenvalue weighted by atomic mass is 16.1. The molecule has 1 aliphatic heterocycles. The Morgan fingerprint density at radius 1 is 1.14 bits per heavy atom. The molecular formula is C22H21N5O. The zero-order valence-electron chi connectivity index (χ0n) is 15.8. The van der Waals surface area contributed by atoms with E-state index >= 15 is 0 Å². The van der Waals surface area contributed by atoms with Crippen molar-refractivity contribution in [2.24, 2.45) is 0 Å². The molecule has 1 aromatic heterocycles. The highest BCUT2D eigenvalue weighted by molar-refractivity contribution is 6.05. The first-order valence-electron chi connectivity index (χ1n) is 9.10. The van der Waals surface area contributed by atoms with Gasteiger partial charge in [0, 0.05) is 11.4 Å². The van der Waals surface area contributed by atoms with E-state index in [1.807, 2.05) is 80.6 Å². The molecule has 0 saturated heterocycles. The van der Waals surface area contributed by atoms with E-state index in [4.69, 9.17) is 0 Å². The number of rotatable bonds is 4. The van der Waals surface area contributed by atoms with E-state index < -0.39 is 0 Å². The SMILES string of the molecule is CC1=C(C(=O)Nc2cccc(C)c2)C(/C=C/c2ccccc2)n2ncnc2N1. The number of nitrogens with zero attached hydrogens (tertiary/aromatic N) is 3. The lowest BCUT2D eigenvalue weighted by Gasteiger charge is -2.26.